The number of hydrogen-bond donors (Lipinski definition) is 2. The maximum atomic E-state index is 12.2. The molecule has 0 saturated carbocycles. The minimum absolute atomic E-state index is 0.359. The molecule has 0 radical (unpaired) electrons. The predicted octanol–water partition coefficient (Wildman–Crippen LogP) is 3.37. The van der Waals surface area contributed by atoms with E-state index < -0.39 is 0 Å². The van der Waals surface area contributed by atoms with Crippen LogP contribution in [0.15, 0.2) is 34.9 Å². The number of aryl methyl sites for hydroxylation is 3. The first-order valence-electron chi connectivity index (χ1n) is 7.74. The molecule has 8 nitrogen and oxygen atoms in total. The van der Waals surface area contributed by atoms with E-state index in [1.54, 1.807) is 36.0 Å². The van der Waals surface area contributed by atoms with Crippen LogP contribution in [0, 0.1) is 13.8 Å². The Bertz CT molecular complexity index is 1110. The van der Waals surface area contributed by atoms with E-state index in [0.29, 0.717) is 28.4 Å². The van der Waals surface area contributed by atoms with Crippen LogP contribution < -0.4 is 10.6 Å². The number of hydrogen-bond acceptors (Lipinski definition) is 5. The van der Waals surface area contributed by atoms with Crippen molar-refractivity contribution in [3.05, 3.63) is 42.0 Å². The lowest BCUT2D eigenvalue weighted by Crippen LogP contribution is -2.19. The summed E-state index contributed by atoms with van der Waals surface area (Å²) in [5.74, 6) is 0.586. The molecule has 0 unspecified atom stereocenters. The van der Waals surface area contributed by atoms with Gasteiger partial charge in [-0.25, -0.2) is 14.8 Å². The van der Waals surface area contributed by atoms with Crippen LogP contribution in [-0.4, -0.2) is 25.8 Å². The summed E-state index contributed by atoms with van der Waals surface area (Å²) in [6.45, 7) is 3.69. The third-order valence-corrected chi connectivity index (χ3v) is 3.87. The van der Waals surface area contributed by atoms with Crippen LogP contribution in [0.25, 0.3) is 22.1 Å². The topological polar surface area (TPSA) is 97.9 Å². The number of rotatable bonds is 2. The van der Waals surface area contributed by atoms with Crippen molar-refractivity contribution in [1.29, 1.82) is 0 Å². The lowest BCUT2D eigenvalue weighted by atomic mass is 10.2. The summed E-state index contributed by atoms with van der Waals surface area (Å²) in [7, 11) is 1.84. The molecule has 0 aliphatic carbocycles. The van der Waals surface area contributed by atoms with Crippen LogP contribution in [0.1, 0.15) is 11.6 Å². The number of pyridine rings is 1. The molecule has 2 amide bonds. The van der Waals surface area contributed by atoms with E-state index in [4.69, 9.17) is 4.42 Å². The van der Waals surface area contributed by atoms with Crippen molar-refractivity contribution in [2.75, 3.05) is 10.6 Å². The van der Waals surface area contributed by atoms with Crippen LogP contribution in [0.4, 0.5) is 16.2 Å². The third kappa shape index (κ3) is 2.78. The van der Waals surface area contributed by atoms with Gasteiger partial charge < -0.3 is 15.1 Å². The highest BCUT2D eigenvalue weighted by atomic mass is 16.3. The highest BCUT2D eigenvalue weighted by Gasteiger charge is 2.10. The number of carbonyl (C=O) groups is 1. The van der Waals surface area contributed by atoms with Gasteiger partial charge in [-0.3, -0.25) is 4.68 Å². The normalized spacial score (nSPS) is 11.2. The molecule has 0 aliphatic heterocycles. The standard InChI is InChI=1S/C17H16N6O2/c1-9-13-6-12(8-18-16(13)23(3)22-9)21-17(24)20-11-4-5-15-14(7-11)19-10(2)25-15/h4-8H,1-3H3,(H2,20,21,24). The Morgan fingerprint density at radius 3 is 2.80 bits per heavy atom. The molecule has 1 aromatic carbocycles. The van der Waals surface area contributed by atoms with E-state index in [-0.39, 0.29) is 6.03 Å². The van der Waals surface area contributed by atoms with E-state index in [9.17, 15) is 4.79 Å². The van der Waals surface area contributed by atoms with Gasteiger partial charge in [0.25, 0.3) is 0 Å². The van der Waals surface area contributed by atoms with E-state index in [1.807, 2.05) is 20.0 Å². The maximum Gasteiger partial charge on any atom is 0.323 e. The van der Waals surface area contributed by atoms with Crippen molar-refractivity contribution in [2.45, 2.75) is 13.8 Å². The average molecular weight is 336 g/mol. The number of benzene rings is 1. The Balaban J connectivity index is 1.53. The molecule has 8 heteroatoms. The first-order valence-corrected chi connectivity index (χ1v) is 7.74. The Labute approximate surface area is 142 Å². The molecule has 4 rings (SSSR count). The highest BCUT2D eigenvalue weighted by Crippen LogP contribution is 2.21. The van der Waals surface area contributed by atoms with Crippen LogP contribution >= 0.6 is 0 Å². The summed E-state index contributed by atoms with van der Waals surface area (Å²) in [5, 5.41) is 10.8. The minimum Gasteiger partial charge on any atom is -0.441 e. The molecular weight excluding hydrogens is 320 g/mol. The van der Waals surface area contributed by atoms with E-state index in [2.05, 4.69) is 25.7 Å². The van der Waals surface area contributed by atoms with E-state index >= 15 is 0 Å². The molecule has 0 bridgehead atoms. The summed E-state index contributed by atoms with van der Waals surface area (Å²) < 4.78 is 7.13. The molecule has 25 heavy (non-hydrogen) atoms. The third-order valence-electron chi connectivity index (χ3n) is 3.87. The van der Waals surface area contributed by atoms with Gasteiger partial charge in [-0.05, 0) is 31.2 Å². The van der Waals surface area contributed by atoms with Crippen molar-refractivity contribution in [3.8, 4) is 0 Å². The fourth-order valence-corrected chi connectivity index (χ4v) is 2.79. The second-order valence-electron chi connectivity index (χ2n) is 5.80. The molecule has 3 heterocycles. The van der Waals surface area contributed by atoms with Gasteiger partial charge in [0.2, 0.25) is 0 Å². The molecule has 0 spiro atoms. The molecule has 0 aliphatic rings. The number of nitrogens with one attached hydrogen (secondary N) is 2. The minimum atomic E-state index is -0.359. The zero-order valence-corrected chi connectivity index (χ0v) is 14.0. The molecule has 2 N–H and O–H groups in total. The summed E-state index contributed by atoms with van der Waals surface area (Å²) in [6, 6.07) is 6.80. The molecule has 126 valence electrons. The number of anilines is 2. The molecule has 0 atom stereocenters. The number of nitrogens with zero attached hydrogens (tertiary/aromatic N) is 4. The second kappa shape index (κ2) is 5.59. The van der Waals surface area contributed by atoms with Crippen molar-refractivity contribution in [1.82, 2.24) is 19.7 Å². The Kier molecular flexibility index (Phi) is 3.38. The average Bonchev–Trinajstić information content (AvgIpc) is 3.06. The number of aromatic nitrogens is 4. The summed E-state index contributed by atoms with van der Waals surface area (Å²) in [5.41, 5.74) is 4.25. The highest BCUT2D eigenvalue weighted by molar-refractivity contribution is 6.01. The maximum absolute atomic E-state index is 12.2. The Hall–Kier alpha value is -3.42. The number of oxazole rings is 1. The quantitative estimate of drug-likeness (QED) is 0.585. The van der Waals surface area contributed by atoms with Crippen LogP contribution in [0.2, 0.25) is 0 Å². The Morgan fingerprint density at radius 2 is 1.96 bits per heavy atom. The van der Waals surface area contributed by atoms with Gasteiger partial charge in [-0.1, -0.05) is 0 Å². The SMILES string of the molecule is Cc1nc2cc(NC(=O)Nc3cnc4c(c3)c(C)nn4C)ccc2o1. The fraction of sp³-hybridized carbons (Fsp3) is 0.176. The van der Waals surface area contributed by atoms with Gasteiger partial charge in [-0.2, -0.15) is 5.10 Å². The predicted molar refractivity (Wildman–Crippen MR) is 94.6 cm³/mol. The first kappa shape index (κ1) is 15.1. The summed E-state index contributed by atoms with van der Waals surface area (Å²) in [6.07, 6.45) is 1.60. The van der Waals surface area contributed by atoms with Gasteiger partial charge >= 0.3 is 6.03 Å². The van der Waals surface area contributed by atoms with Crippen molar-refractivity contribution < 1.29 is 9.21 Å². The number of carbonyl (C=O) groups excluding carboxylic acids is 1. The lowest BCUT2D eigenvalue weighted by Gasteiger charge is -2.07. The van der Waals surface area contributed by atoms with Crippen molar-refractivity contribution >= 4 is 39.5 Å². The lowest BCUT2D eigenvalue weighted by molar-refractivity contribution is 0.262. The smallest absolute Gasteiger partial charge is 0.323 e. The zero-order valence-electron chi connectivity index (χ0n) is 14.0. The van der Waals surface area contributed by atoms with Gasteiger partial charge in [0.05, 0.1) is 17.6 Å². The fourth-order valence-electron chi connectivity index (χ4n) is 2.79. The van der Waals surface area contributed by atoms with Crippen LogP contribution in [0.5, 0.6) is 0 Å². The molecular formula is C17H16N6O2. The first-order chi connectivity index (χ1) is 12.0. The van der Waals surface area contributed by atoms with Crippen molar-refractivity contribution in [3.63, 3.8) is 0 Å². The van der Waals surface area contributed by atoms with E-state index in [1.165, 1.54) is 0 Å². The number of urea groups is 1. The van der Waals surface area contributed by atoms with E-state index in [0.717, 1.165) is 16.7 Å². The summed E-state index contributed by atoms with van der Waals surface area (Å²) in [4.78, 5) is 20.8. The molecule has 3 aromatic heterocycles. The molecule has 4 aromatic rings. The van der Waals surface area contributed by atoms with Gasteiger partial charge in [0, 0.05) is 25.0 Å². The second-order valence-corrected chi connectivity index (χ2v) is 5.80. The van der Waals surface area contributed by atoms with Gasteiger partial charge in [0.15, 0.2) is 17.1 Å². The molecule has 0 fully saturated rings. The zero-order chi connectivity index (χ0) is 17.6. The number of amides is 2. The van der Waals surface area contributed by atoms with Gasteiger partial charge in [-0.15, -0.1) is 0 Å². The monoisotopic (exact) mass is 336 g/mol. The Morgan fingerprint density at radius 1 is 1.16 bits per heavy atom. The summed E-state index contributed by atoms with van der Waals surface area (Å²) >= 11 is 0. The van der Waals surface area contributed by atoms with Crippen LogP contribution in [0.3, 0.4) is 0 Å². The van der Waals surface area contributed by atoms with Crippen molar-refractivity contribution in [2.24, 2.45) is 7.05 Å². The van der Waals surface area contributed by atoms with Crippen LogP contribution in [-0.2, 0) is 7.05 Å². The van der Waals surface area contributed by atoms with Gasteiger partial charge in [0.1, 0.15) is 5.52 Å². The largest absolute Gasteiger partial charge is 0.441 e. The molecule has 0 saturated heterocycles. The number of fused-ring (bicyclic) bond motifs is 2.